The Morgan fingerprint density at radius 2 is 2.00 bits per heavy atom. The van der Waals surface area contributed by atoms with Crippen molar-refractivity contribution in [2.45, 2.75) is 39.2 Å². The molecule has 0 fully saturated rings. The van der Waals surface area contributed by atoms with Gasteiger partial charge in [0.15, 0.2) is 0 Å². The van der Waals surface area contributed by atoms with Gasteiger partial charge in [0.1, 0.15) is 0 Å². The Hall–Kier alpha value is -0.120. The van der Waals surface area contributed by atoms with Gasteiger partial charge in [0.2, 0.25) is 0 Å². The molecule has 0 rings (SSSR count). The number of methoxy groups -OCH3 is 1. The molecule has 86 valence electrons. The summed E-state index contributed by atoms with van der Waals surface area (Å²) in [7, 11) is 1.71. The Morgan fingerprint density at radius 3 is 2.64 bits per heavy atom. The van der Waals surface area contributed by atoms with E-state index in [1.54, 1.807) is 7.11 Å². The summed E-state index contributed by atoms with van der Waals surface area (Å²) in [6.45, 7) is 7.78. The van der Waals surface area contributed by atoms with E-state index in [1.165, 1.54) is 19.3 Å². The van der Waals surface area contributed by atoms with Crippen molar-refractivity contribution >= 4 is 0 Å². The molecule has 1 N–H and O–H groups in total. The molecule has 0 saturated carbocycles. The Kier molecular flexibility index (Phi) is 10.9. The van der Waals surface area contributed by atoms with Crippen molar-refractivity contribution < 1.29 is 9.47 Å². The molecule has 0 aromatic heterocycles. The second kappa shape index (κ2) is 11.0. The molecule has 0 aromatic carbocycles. The van der Waals surface area contributed by atoms with Crippen molar-refractivity contribution in [2.24, 2.45) is 0 Å². The monoisotopic (exact) mass is 203 g/mol. The van der Waals surface area contributed by atoms with Crippen LogP contribution in [0.25, 0.3) is 0 Å². The molecule has 0 radical (unpaired) electrons. The maximum Gasteiger partial charge on any atom is 0.0671 e. The van der Waals surface area contributed by atoms with E-state index in [4.69, 9.17) is 9.47 Å². The number of unbranched alkanes of at least 4 members (excludes halogenated alkanes) is 2. The smallest absolute Gasteiger partial charge is 0.0671 e. The third-order valence-corrected chi connectivity index (χ3v) is 2.07. The average Bonchev–Trinajstić information content (AvgIpc) is 2.19. The summed E-state index contributed by atoms with van der Waals surface area (Å²) in [5.41, 5.74) is 0. The summed E-state index contributed by atoms with van der Waals surface area (Å²) in [5, 5.41) is 3.28. The van der Waals surface area contributed by atoms with Crippen LogP contribution in [0.15, 0.2) is 0 Å². The fourth-order valence-electron chi connectivity index (χ4n) is 1.18. The topological polar surface area (TPSA) is 30.5 Å². The number of hydrogen-bond donors (Lipinski definition) is 1. The van der Waals surface area contributed by atoms with E-state index in [0.717, 1.165) is 26.3 Å². The van der Waals surface area contributed by atoms with E-state index in [9.17, 15) is 0 Å². The van der Waals surface area contributed by atoms with Gasteiger partial charge in [0.05, 0.1) is 12.7 Å². The molecule has 3 heteroatoms. The van der Waals surface area contributed by atoms with E-state index in [-0.39, 0.29) is 0 Å². The predicted octanol–water partition coefficient (Wildman–Crippen LogP) is 1.82. The highest BCUT2D eigenvalue weighted by Gasteiger charge is 2.00. The van der Waals surface area contributed by atoms with Gasteiger partial charge >= 0.3 is 0 Å². The van der Waals surface area contributed by atoms with E-state index in [2.05, 4.69) is 19.2 Å². The second-order valence-corrected chi connectivity index (χ2v) is 3.59. The number of rotatable bonds is 10. The number of nitrogens with one attached hydrogen (secondary N) is 1. The van der Waals surface area contributed by atoms with Crippen LogP contribution >= 0.6 is 0 Å². The molecule has 1 atom stereocenters. The minimum absolute atomic E-state index is 0.309. The molecule has 14 heavy (non-hydrogen) atoms. The molecule has 1 unspecified atom stereocenters. The fraction of sp³-hybridized carbons (Fsp3) is 1.00. The second-order valence-electron chi connectivity index (χ2n) is 3.59. The summed E-state index contributed by atoms with van der Waals surface area (Å²) in [4.78, 5) is 0. The summed E-state index contributed by atoms with van der Waals surface area (Å²) in [5.74, 6) is 0. The number of ether oxygens (including phenoxy) is 2. The standard InChI is InChI=1S/C11H25NO2/c1-4-5-6-8-14-11(2)10-12-7-9-13-3/h11-12H,4-10H2,1-3H3. The summed E-state index contributed by atoms with van der Waals surface area (Å²) in [6.07, 6.45) is 4.01. The van der Waals surface area contributed by atoms with Gasteiger partial charge in [0.25, 0.3) is 0 Å². The number of hydrogen-bond acceptors (Lipinski definition) is 3. The molecular formula is C11H25NO2. The first kappa shape index (κ1) is 13.9. The van der Waals surface area contributed by atoms with E-state index < -0.39 is 0 Å². The molecule has 0 heterocycles. The lowest BCUT2D eigenvalue weighted by Gasteiger charge is -2.13. The molecule has 0 aliphatic carbocycles. The molecule has 0 amide bonds. The molecule has 0 aliphatic heterocycles. The van der Waals surface area contributed by atoms with Crippen molar-refractivity contribution in [3.8, 4) is 0 Å². The summed E-state index contributed by atoms with van der Waals surface area (Å²) in [6, 6.07) is 0. The van der Waals surface area contributed by atoms with E-state index in [0.29, 0.717) is 6.10 Å². The SMILES string of the molecule is CCCCCOC(C)CNCCOC. The van der Waals surface area contributed by atoms with E-state index >= 15 is 0 Å². The van der Waals surface area contributed by atoms with Crippen LogP contribution in [0.3, 0.4) is 0 Å². The molecule has 0 aliphatic rings. The van der Waals surface area contributed by atoms with Crippen molar-refractivity contribution in [1.82, 2.24) is 5.32 Å². The third-order valence-electron chi connectivity index (χ3n) is 2.07. The first-order valence-corrected chi connectivity index (χ1v) is 5.62. The molecule has 0 aromatic rings. The highest BCUT2D eigenvalue weighted by molar-refractivity contribution is 4.55. The van der Waals surface area contributed by atoms with Gasteiger partial charge in [0, 0.05) is 26.8 Å². The maximum atomic E-state index is 5.62. The van der Waals surface area contributed by atoms with Crippen LogP contribution < -0.4 is 5.32 Å². The van der Waals surface area contributed by atoms with Gasteiger partial charge in [-0.2, -0.15) is 0 Å². The third kappa shape index (κ3) is 9.96. The van der Waals surface area contributed by atoms with Crippen LogP contribution in [0.2, 0.25) is 0 Å². The first-order chi connectivity index (χ1) is 6.81. The first-order valence-electron chi connectivity index (χ1n) is 5.62. The minimum Gasteiger partial charge on any atom is -0.383 e. The maximum absolute atomic E-state index is 5.62. The van der Waals surface area contributed by atoms with Crippen LogP contribution in [-0.2, 0) is 9.47 Å². The zero-order chi connectivity index (χ0) is 10.6. The van der Waals surface area contributed by atoms with Gasteiger partial charge in [-0.3, -0.25) is 0 Å². The predicted molar refractivity (Wildman–Crippen MR) is 59.7 cm³/mol. The van der Waals surface area contributed by atoms with Gasteiger partial charge in [-0.1, -0.05) is 19.8 Å². The molecule has 0 saturated heterocycles. The highest BCUT2D eigenvalue weighted by Crippen LogP contribution is 1.96. The molecular weight excluding hydrogens is 178 g/mol. The fourth-order valence-corrected chi connectivity index (χ4v) is 1.18. The van der Waals surface area contributed by atoms with Crippen molar-refractivity contribution in [3.63, 3.8) is 0 Å². The van der Waals surface area contributed by atoms with Gasteiger partial charge in [-0.15, -0.1) is 0 Å². The molecule has 0 bridgehead atoms. The largest absolute Gasteiger partial charge is 0.383 e. The van der Waals surface area contributed by atoms with Crippen molar-refractivity contribution in [3.05, 3.63) is 0 Å². The Balaban J connectivity index is 3.07. The Bertz CT molecular complexity index is 97.5. The Labute approximate surface area is 88.2 Å². The van der Waals surface area contributed by atoms with Gasteiger partial charge in [-0.05, 0) is 13.3 Å². The zero-order valence-corrected chi connectivity index (χ0v) is 9.84. The van der Waals surface area contributed by atoms with Gasteiger partial charge in [-0.25, -0.2) is 0 Å². The van der Waals surface area contributed by atoms with Crippen molar-refractivity contribution in [2.75, 3.05) is 33.4 Å². The summed E-state index contributed by atoms with van der Waals surface area (Å²) < 4.78 is 10.6. The Morgan fingerprint density at radius 1 is 1.21 bits per heavy atom. The normalized spacial score (nSPS) is 13.1. The van der Waals surface area contributed by atoms with Crippen LogP contribution in [0.4, 0.5) is 0 Å². The highest BCUT2D eigenvalue weighted by atomic mass is 16.5. The average molecular weight is 203 g/mol. The minimum atomic E-state index is 0.309. The lowest BCUT2D eigenvalue weighted by molar-refractivity contribution is 0.0619. The van der Waals surface area contributed by atoms with E-state index in [1.807, 2.05) is 0 Å². The lowest BCUT2D eigenvalue weighted by Crippen LogP contribution is -2.29. The van der Waals surface area contributed by atoms with Gasteiger partial charge < -0.3 is 14.8 Å². The van der Waals surface area contributed by atoms with Crippen LogP contribution in [-0.4, -0.2) is 39.5 Å². The lowest BCUT2D eigenvalue weighted by atomic mass is 10.3. The van der Waals surface area contributed by atoms with Crippen LogP contribution in [0.5, 0.6) is 0 Å². The summed E-state index contributed by atoms with van der Waals surface area (Å²) >= 11 is 0. The zero-order valence-electron chi connectivity index (χ0n) is 9.84. The molecule has 3 nitrogen and oxygen atoms in total. The van der Waals surface area contributed by atoms with Crippen molar-refractivity contribution in [1.29, 1.82) is 0 Å². The van der Waals surface area contributed by atoms with Crippen LogP contribution in [0, 0.1) is 0 Å². The van der Waals surface area contributed by atoms with Crippen LogP contribution in [0.1, 0.15) is 33.1 Å². The molecule has 0 spiro atoms. The quantitative estimate of drug-likeness (QED) is 0.549.